The zero-order chi connectivity index (χ0) is 23.8. The molecule has 0 radical (unpaired) electrons. The number of aliphatic hydroxyl groups is 1. The van der Waals surface area contributed by atoms with Gasteiger partial charge in [0.25, 0.3) is 5.91 Å². The topological polar surface area (TPSA) is 116 Å². The zero-order valence-electron chi connectivity index (χ0n) is 18.5. The van der Waals surface area contributed by atoms with Crippen molar-refractivity contribution in [1.29, 1.82) is 5.26 Å². The minimum atomic E-state index is -2.04. The summed E-state index contributed by atoms with van der Waals surface area (Å²) in [5.41, 5.74) is 1.68. The Labute approximate surface area is 191 Å². The van der Waals surface area contributed by atoms with Gasteiger partial charge in [-0.1, -0.05) is 6.07 Å². The Hall–Kier alpha value is -3.35. The standard InChI is InChI=1S/C24H25FN4O4/c1-14-17(4-5-18-19(14)13-33-22(18)31)20(30)12-29-9-7-24(25,8-10-29)23(32)28-21-6-3-16(11-26)15(2)27-21/h3-6,20,30H,7-10,12-13H2,1-2H3,(H,27,28,32). The van der Waals surface area contributed by atoms with Gasteiger partial charge < -0.3 is 20.1 Å². The lowest BCUT2D eigenvalue weighted by atomic mass is 9.91. The first kappa shape index (κ1) is 22.8. The van der Waals surface area contributed by atoms with E-state index in [0.717, 1.165) is 11.1 Å². The van der Waals surface area contributed by atoms with Crippen LogP contribution in [0.4, 0.5) is 10.2 Å². The molecule has 1 aromatic carbocycles. The van der Waals surface area contributed by atoms with Crippen LogP contribution >= 0.6 is 0 Å². The van der Waals surface area contributed by atoms with E-state index in [9.17, 15) is 14.7 Å². The van der Waals surface area contributed by atoms with E-state index in [4.69, 9.17) is 10.00 Å². The van der Waals surface area contributed by atoms with E-state index < -0.39 is 17.7 Å². The highest BCUT2D eigenvalue weighted by Crippen LogP contribution is 2.32. The molecule has 33 heavy (non-hydrogen) atoms. The second kappa shape index (κ2) is 8.89. The van der Waals surface area contributed by atoms with Crippen LogP contribution in [0.1, 0.15) is 57.3 Å². The molecule has 0 aliphatic carbocycles. The van der Waals surface area contributed by atoms with E-state index in [1.807, 2.05) is 17.9 Å². The molecule has 0 spiro atoms. The first-order valence-corrected chi connectivity index (χ1v) is 10.8. The molecule has 172 valence electrons. The highest BCUT2D eigenvalue weighted by molar-refractivity contribution is 5.96. The smallest absolute Gasteiger partial charge is 0.338 e. The Morgan fingerprint density at radius 3 is 2.73 bits per heavy atom. The third-order valence-electron chi connectivity index (χ3n) is 6.50. The van der Waals surface area contributed by atoms with Gasteiger partial charge in [-0.3, -0.25) is 4.79 Å². The molecule has 0 bridgehead atoms. The fourth-order valence-electron chi connectivity index (χ4n) is 4.37. The Balaban J connectivity index is 1.35. The summed E-state index contributed by atoms with van der Waals surface area (Å²) < 4.78 is 20.4. The number of carbonyl (C=O) groups excluding carboxylic acids is 2. The Morgan fingerprint density at radius 1 is 1.33 bits per heavy atom. The number of nitriles is 1. The molecular formula is C24H25FN4O4. The van der Waals surface area contributed by atoms with Crippen molar-refractivity contribution in [3.8, 4) is 6.07 Å². The number of piperidine rings is 1. The molecule has 8 nitrogen and oxygen atoms in total. The molecule has 1 atom stereocenters. The number of cyclic esters (lactones) is 1. The molecule has 3 heterocycles. The number of likely N-dealkylation sites (tertiary alicyclic amines) is 1. The van der Waals surface area contributed by atoms with Crippen LogP contribution < -0.4 is 5.32 Å². The summed E-state index contributed by atoms with van der Waals surface area (Å²) in [6.45, 7) is 4.63. The molecular weight excluding hydrogens is 427 g/mol. The lowest BCUT2D eigenvalue weighted by Gasteiger charge is -2.36. The van der Waals surface area contributed by atoms with E-state index in [-0.39, 0.29) is 31.2 Å². The number of benzene rings is 1. The number of nitrogens with one attached hydrogen (secondary N) is 1. The first-order chi connectivity index (χ1) is 15.7. The molecule has 4 rings (SSSR count). The Kier molecular flexibility index (Phi) is 6.15. The van der Waals surface area contributed by atoms with E-state index in [1.165, 1.54) is 12.1 Å². The largest absolute Gasteiger partial charge is 0.457 e. The summed E-state index contributed by atoms with van der Waals surface area (Å²) >= 11 is 0. The first-order valence-electron chi connectivity index (χ1n) is 10.8. The number of halogens is 1. The van der Waals surface area contributed by atoms with Gasteiger partial charge in [0.1, 0.15) is 18.5 Å². The number of esters is 1. The van der Waals surface area contributed by atoms with Gasteiger partial charge in [-0.05, 0) is 43.2 Å². The quantitative estimate of drug-likeness (QED) is 0.670. The Bertz CT molecular complexity index is 1150. The highest BCUT2D eigenvalue weighted by atomic mass is 19.1. The average molecular weight is 452 g/mol. The summed E-state index contributed by atoms with van der Waals surface area (Å²) in [4.78, 5) is 30.4. The number of aliphatic hydroxyl groups excluding tert-OH is 1. The van der Waals surface area contributed by atoms with Gasteiger partial charge in [-0.25, -0.2) is 14.2 Å². The third kappa shape index (κ3) is 4.45. The van der Waals surface area contributed by atoms with E-state index in [1.54, 1.807) is 19.1 Å². The van der Waals surface area contributed by atoms with Crippen molar-refractivity contribution in [2.75, 3.05) is 25.0 Å². The minimum absolute atomic E-state index is 0.00761. The van der Waals surface area contributed by atoms with E-state index >= 15 is 4.39 Å². The maximum atomic E-state index is 15.4. The van der Waals surface area contributed by atoms with E-state index in [0.29, 0.717) is 42.0 Å². The monoisotopic (exact) mass is 452 g/mol. The van der Waals surface area contributed by atoms with Gasteiger partial charge >= 0.3 is 5.97 Å². The van der Waals surface area contributed by atoms with Crippen LogP contribution in [-0.4, -0.2) is 52.2 Å². The van der Waals surface area contributed by atoms with Crippen molar-refractivity contribution in [2.45, 2.75) is 45.1 Å². The number of aromatic nitrogens is 1. The number of alkyl halides is 1. The van der Waals surface area contributed by atoms with Crippen LogP contribution in [0.15, 0.2) is 24.3 Å². The van der Waals surface area contributed by atoms with E-state index in [2.05, 4.69) is 10.3 Å². The van der Waals surface area contributed by atoms with Gasteiger partial charge in [0.2, 0.25) is 0 Å². The number of rotatable bonds is 5. The number of pyridine rings is 1. The van der Waals surface area contributed by atoms with Crippen LogP contribution in [0.3, 0.4) is 0 Å². The average Bonchev–Trinajstić information content (AvgIpc) is 3.17. The number of aryl methyl sites for hydroxylation is 1. The Morgan fingerprint density at radius 2 is 2.06 bits per heavy atom. The van der Waals surface area contributed by atoms with Crippen molar-refractivity contribution in [2.24, 2.45) is 0 Å². The molecule has 2 aliphatic heterocycles. The number of fused-ring (bicyclic) bond motifs is 1. The molecule has 1 aromatic heterocycles. The summed E-state index contributed by atoms with van der Waals surface area (Å²) in [5, 5.41) is 22.3. The predicted molar refractivity (Wildman–Crippen MR) is 117 cm³/mol. The third-order valence-corrected chi connectivity index (χ3v) is 6.50. The molecule has 1 amide bonds. The molecule has 2 aliphatic rings. The minimum Gasteiger partial charge on any atom is -0.457 e. The normalized spacial score (nSPS) is 18.2. The number of carbonyl (C=O) groups is 2. The van der Waals surface area contributed by atoms with Gasteiger partial charge in [0.05, 0.1) is 22.9 Å². The lowest BCUT2D eigenvalue weighted by molar-refractivity contribution is -0.130. The van der Waals surface area contributed by atoms with Crippen molar-refractivity contribution < 1.29 is 23.8 Å². The number of amides is 1. The van der Waals surface area contributed by atoms with Crippen LogP contribution in [0.2, 0.25) is 0 Å². The SMILES string of the molecule is Cc1nc(NC(=O)C2(F)CCN(CC(O)c3ccc4c(c3C)COC4=O)CC2)ccc1C#N. The molecule has 0 saturated carbocycles. The van der Waals surface area contributed by atoms with Gasteiger partial charge in [-0.15, -0.1) is 0 Å². The van der Waals surface area contributed by atoms with Crippen molar-refractivity contribution >= 4 is 17.7 Å². The number of β-amino-alcohol motifs (C(OH)–C–C–N with tert-alkyl or cyclic N) is 1. The highest BCUT2D eigenvalue weighted by Gasteiger charge is 2.42. The summed E-state index contributed by atoms with van der Waals surface area (Å²) in [5.74, 6) is -0.895. The zero-order valence-corrected chi connectivity index (χ0v) is 18.5. The van der Waals surface area contributed by atoms with Crippen LogP contribution in [-0.2, 0) is 16.1 Å². The molecule has 1 saturated heterocycles. The van der Waals surface area contributed by atoms with Crippen LogP contribution in [0, 0.1) is 25.2 Å². The summed E-state index contributed by atoms with van der Waals surface area (Å²) in [6, 6.07) is 8.42. The number of hydrogen-bond donors (Lipinski definition) is 2. The molecule has 2 N–H and O–H groups in total. The maximum Gasteiger partial charge on any atom is 0.338 e. The van der Waals surface area contributed by atoms with Crippen molar-refractivity contribution in [1.82, 2.24) is 9.88 Å². The number of anilines is 1. The molecule has 1 unspecified atom stereocenters. The molecule has 9 heteroatoms. The van der Waals surface area contributed by atoms with Gasteiger partial charge in [-0.2, -0.15) is 5.26 Å². The number of nitrogens with zero attached hydrogens (tertiary/aromatic N) is 3. The number of hydrogen-bond acceptors (Lipinski definition) is 7. The maximum absolute atomic E-state index is 15.4. The summed E-state index contributed by atoms with van der Waals surface area (Å²) in [6.07, 6.45) is -0.823. The molecule has 2 aromatic rings. The van der Waals surface area contributed by atoms with Crippen LogP contribution in [0.25, 0.3) is 0 Å². The van der Waals surface area contributed by atoms with Crippen molar-refractivity contribution in [3.63, 3.8) is 0 Å². The van der Waals surface area contributed by atoms with Gasteiger partial charge in [0.15, 0.2) is 5.67 Å². The number of ether oxygens (including phenoxy) is 1. The fraction of sp³-hybridized carbons (Fsp3) is 0.417. The lowest BCUT2D eigenvalue weighted by Crippen LogP contribution is -2.49. The van der Waals surface area contributed by atoms with Crippen LogP contribution in [0.5, 0.6) is 0 Å². The molecule has 1 fully saturated rings. The predicted octanol–water partition coefficient (Wildman–Crippen LogP) is 2.72. The summed E-state index contributed by atoms with van der Waals surface area (Å²) in [7, 11) is 0. The second-order valence-electron chi connectivity index (χ2n) is 8.56. The fourth-order valence-corrected chi connectivity index (χ4v) is 4.37. The van der Waals surface area contributed by atoms with Gasteiger partial charge in [0, 0.05) is 38.0 Å². The second-order valence-corrected chi connectivity index (χ2v) is 8.56. The van der Waals surface area contributed by atoms with Crippen molar-refractivity contribution in [3.05, 3.63) is 57.8 Å².